The van der Waals surface area contributed by atoms with Crippen molar-refractivity contribution in [3.8, 4) is 5.75 Å². The van der Waals surface area contributed by atoms with Crippen LogP contribution in [0.15, 0.2) is 23.6 Å². The minimum absolute atomic E-state index is 0. The van der Waals surface area contributed by atoms with Gasteiger partial charge < -0.3 is 9.84 Å². The number of sulfonamides is 1. The molecule has 0 saturated carbocycles. The summed E-state index contributed by atoms with van der Waals surface area (Å²) in [4.78, 5) is 14.8. The first-order chi connectivity index (χ1) is 12.6. The van der Waals surface area contributed by atoms with E-state index >= 15 is 0 Å². The molecule has 28 heavy (non-hydrogen) atoms. The summed E-state index contributed by atoms with van der Waals surface area (Å²) in [6, 6.07) is 4.77. The van der Waals surface area contributed by atoms with Gasteiger partial charge in [-0.15, -0.1) is 11.3 Å². The molecule has 1 aromatic carbocycles. The van der Waals surface area contributed by atoms with E-state index in [1.54, 1.807) is 18.2 Å². The molecule has 1 heterocycles. The van der Waals surface area contributed by atoms with Crippen LogP contribution in [-0.4, -0.2) is 84.3 Å². The SMILES string of the molecule is CS(=O)(=O)N(CCCc1nc(C(=O)O)cs1)CCOc1cc(Cl)cc(Cl)c1.[NaH]. The van der Waals surface area contributed by atoms with Gasteiger partial charge in [-0.1, -0.05) is 23.2 Å². The maximum absolute atomic E-state index is 12.0. The van der Waals surface area contributed by atoms with E-state index in [0.717, 1.165) is 6.26 Å². The zero-order chi connectivity index (χ0) is 20.0. The molecule has 0 aliphatic rings. The van der Waals surface area contributed by atoms with Crippen LogP contribution in [0.25, 0.3) is 0 Å². The van der Waals surface area contributed by atoms with Crippen molar-refractivity contribution < 1.29 is 23.1 Å². The van der Waals surface area contributed by atoms with Crippen LogP contribution in [0.2, 0.25) is 10.0 Å². The van der Waals surface area contributed by atoms with Crippen molar-refractivity contribution in [1.29, 1.82) is 0 Å². The number of nitrogens with zero attached hydrogens (tertiary/aromatic N) is 2. The van der Waals surface area contributed by atoms with E-state index in [-0.39, 0.29) is 54.9 Å². The molecule has 12 heteroatoms. The third-order valence-electron chi connectivity index (χ3n) is 3.48. The number of rotatable bonds is 10. The van der Waals surface area contributed by atoms with Gasteiger partial charge in [-0.05, 0) is 24.6 Å². The normalized spacial score (nSPS) is 11.3. The summed E-state index contributed by atoms with van der Waals surface area (Å²) >= 11 is 13.0. The second kappa shape index (κ2) is 11.7. The van der Waals surface area contributed by atoms with Crippen LogP contribution in [0.4, 0.5) is 0 Å². The first-order valence-corrected chi connectivity index (χ1v) is 11.4. The molecule has 0 aliphatic carbocycles. The number of hydrogen-bond acceptors (Lipinski definition) is 6. The summed E-state index contributed by atoms with van der Waals surface area (Å²) < 4.78 is 30.8. The summed E-state index contributed by atoms with van der Waals surface area (Å²) in [6.07, 6.45) is 2.15. The number of benzene rings is 1. The van der Waals surface area contributed by atoms with Crippen molar-refractivity contribution in [1.82, 2.24) is 9.29 Å². The number of aromatic nitrogens is 1. The molecule has 2 rings (SSSR count). The molecule has 1 aromatic heterocycles. The molecule has 0 spiro atoms. The van der Waals surface area contributed by atoms with Gasteiger partial charge in [0.05, 0.1) is 11.3 Å². The van der Waals surface area contributed by atoms with Crippen LogP contribution in [0.3, 0.4) is 0 Å². The Hall–Kier alpha value is -0.390. The first-order valence-electron chi connectivity index (χ1n) is 7.87. The number of thiazole rings is 1. The monoisotopic (exact) mass is 476 g/mol. The van der Waals surface area contributed by atoms with Gasteiger partial charge in [0.25, 0.3) is 0 Å². The Morgan fingerprint density at radius 1 is 1.25 bits per heavy atom. The van der Waals surface area contributed by atoms with Gasteiger partial charge in [-0.3, -0.25) is 0 Å². The van der Waals surface area contributed by atoms with E-state index in [4.69, 9.17) is 33.0 Å². The molecule has 0 unspecified atom stereocenters. The molecule has 0 atom stereocenters. The number of carboxylic acids is 1. The maximum atomic E-state index is 12.0. The zero-order valence-electron chi connectivity index (χ0n) is 14.4. The Morgan fingerprint density at radius 2 is 1.89 bits per heavy atom. The predicted octanol–water partition coefficient (Wildman–Crippen LogP) is 2.77. The Kier molecular flexibility index (Phi) is 10.7. The van der Waals surface area contributed by atoms with E-state index in [2.05, 4.69) is 4.98 Å². The Morgan fingerprint density at radius 3 is 2.43 bits per heavy atom. The van der Waals surface area contributed by atoms with Gasteiger partial charge in [-0.2, -0.15) is 4.31 Å². The van der Waals surface area contributed by atoms with Crippen molar-refractivity contribution in [2.45, 2.75) is 12.8 Å². The van der Waals surface area contributed by atoms with Crippen molar-refractivity contribution in [2.75, 3.05) is 26.0 Å². The van der Waals surface area contributed by atoms with E-state index in [9.17, 15) is 13.2 Å². The van der Waals surface area contributed by atoms with Crippen LogP contribution in [0, 0.1) is 0 Å². The number of carboxylic acid groups (broad SMARTS) is 1. The molecule has 0 saturated heterocycles. The summed E-state index contributed by atoms with van der Waals surface area (Å²) in [7, 11) is -3.41. The van der Waals surface area contributed by atoms with Crippen molar-refractivity contribution in [3.63, 3.8) is 0 Å². The molecular weight excluding hydrogens is 458 g/mol. The number of ether oxygens (including phenoxy) is 1. The van der Waals surface area contributed by atoms with Gasteiger partial charge in [-0.25, -0.2) is 18.2 Å². The summed E-state index contributed by atoms with van der Waals surface area (Å²) in [6.45, 7) is 0.589. The first kappa shape index (κ1) is 25.6. The summed E-state index contributed by atoms with van der Waals surface area (Å²) in [5.41, 5.74) is 0.00329. The topological polar surface area (TPSA) is 96.8 Å². The molecule has 0 bridgehead atoms. The Balaban J connectivity index is 0.00000392. The number of aromatic carboxylic acids is 1. The minimum atomic E-state index is -3.41. The standard InChI is InChI=1S/C16H18Cl2N2O5S2.Na.H/c1-27(23,24)20(4-2-3-15-19-14(10-26-15)16(21)22)5-6-25-13-8-11(17)7-12(18)9-13;;/h7-10H,2-6H2,1H3,(H,21,22);;. The van der Waals surface area contributed by atoms with Crippen LogP contribution in [0.1, 0.15) is 21.9 Å². The fraction of sp³-hybridized carbons (Fsp3) is 0.375. The van der Waals surface area contributed by atoms with Gasteiger partial charge in [0, 0.05) is 34.9 Å². The van der Waals surface area contributed by atoms with E-state index in [0.29, 0.717) is 33.6 Å². The Labute approximate surface area is 200 Å². The third kappa shape index (κ3) is 8.54. The van der Waals surface area contributed by atoms with E-state index in [1.165, 1.54) is 21.0 Å². The molecule has 0 amide bonds. The molecule has 1 N–H and O–H groups in total. The zero-order valence-corrected chi connectivity index (χ0v) is 17.5. The molecule has 0 radical (unpaired) electrons. The predicted molar refractivity (Wildman–Crippen MR) is 113 cm³/mol. The van der Waals surface area contributed by atoms with Crippen LogP contribution >= 0.6 is 34.5 Å². The fourth-order valence-corrected chi connectivity index (χ4v) is 4.44. The second-order valence-corrected chi connectivity index (χ2v) is 9.45. The van der Waals surface area contributed by atoms with Crippen LogP contribution < -0.4 is 4.74 Å². The van der Waals surface area contributed by atoms with Gasteiger partial charge >= 0.3 is 35.5 Å². The van der Waals surface area contributed by atoms with Crippen molar-refractivity contribution in [3.05, 3.63) is 44.3 Å². The van der Waals surface area contributed by atoms with Gasteiger partial charge in [0.2, 0.25) is 10.0 Å². The van der Waals surface area contributed by atoms with Crippen molar-refractivity contribution in [2.24, 2.45) is 0 Å². The average molecular weight is 477 g/mol. The number of carbonyl (C=O) groups is 1. The molecular formula is C16H19Cl2N2NaO5S2. The molecule has 0 aliphatic heterocycles. The van der Waals surface area contributed by atoms with E-state index in [1.807, 2.05) is 0 Å². The average Bonchev–Trinajstić information content (AvgIpc) is 3.00. The second-order valence-electron chi connectivity index (χ2n) is 5.65. The van der Waals surface area contributed by atoms with Gasteiger partial charge in [0.1, 0.15) is 12.4 Å². The molecule has 0 fully saturated rings. The summed E-state index contributed by atoms with van der Waals surface area (Å²) in [5, 5.41) is 11.9. The van der Waals surface area contributed by atoms with Crippen LogP contribution in [0.5, 0.6) is 5.75 Å². The summed E-state index contributed by atoms with van der Waals surface area (Å²) in [5.74, 6) is -0.613. The van der Waals surface area contributed by atoms with E-state index < -0.39 is 16.0 Å². The quantitative estimate of drug-likeness (QED) is 0.529. The number of aryl methyl sites for hydroxylation is 1. The molecule has 7 nitrogen and oxygen atoms in total. The Bertz CT molecular complexity index is 888. The molecule has 2 aromatic rings. The number of halogens is 2. The number of hydrogen-bond donors (Lipinski definition) is 1. The van der Waals surface area contributed by atoms with Crippen molar-refractivity contribution >= 4 is 80.1 Å². The third-order valence-corrected chi connectivity index (χ3v) is 6.13. The van der Waals surface area contributed by atoms with Gasteiger partial charge in [0.15, 0.2) is 5.69 Å². The molecule has 150 valence electrons. The fourth-order valence-electron chi connectivity index (χ4n) is 2.25. The van der Waals surface area contributed by atoms with Crippen LogP contribution in [-0.2, 0) is 16.4 Å².